The number of aromatic amines is 1. The van der Waals surface area contributed by atoms with Crippen LogP contribution in [-0.2, 0) is 10.2 Å². The van der Waals surface area contributed by atoms with Crippen LogP contribution < -0.4 is 0 Å². The van der Waals surface area contributed by atoms with E-state index in [-0.39, 0.29) is 17.5 Å². The zero-order valence-electron chi connectivity index (χ0n) is 16.4. The highest BCUT2D eigenvalue weighted by Gasteiger charge is 2.41. The largest absolute Gasteiger partial charge is 0.355 e. The third-order valence-electron chi connectivity index (χ3n) is 5.91. The minimum atomic E-state index is -0.523. The predicted molar refractivity (Wildman–Crippen MR) is 104 cm³/mol. The standard InChI is InChI=1S/C22H26N2O3/c1-14-19(15(2)23-20(14)16(3)25)21(27)24-12-10-22(11-13-24,17(4)26)18-8-6-5-7-9-18/h5-9,23H,10-13H2,1-4H3. The molecule has 0 unspecified atom stereocenters. The smallest absolute Gasteiger partial charge is 0.255 e. The molecular weight excluding hydrogens is 340 g/mol. The van der Waals surface area contributed by atoms with Gasteiger partial charge in [-0.05, 0) is 44.7 Å². The predicted octanol–water partition coefficient (Wildman–Crippen LogP) is 3.60. The number of aryl methyl sites for hydroxylation is 1. The number of piperidine rings is 1. The summed E-state index contributed by atoms with van der Waals surface area (Å²) < 4.78 is 0. The molecule has 2 aromatic rings. The van der Waals surface area contributed by atoms with Crippen molar-refractivity contribution < 1.29 is 14.4 Å². The first-order valence-corrected chi connectivity index (χ1v) is 9.34. The summed E-state index contributed by atoms with van der Waals surface area (Å²) in [6.07, 6.45) is 1.22. The molecule has 0 radical (unpaired) electrons. The highest BCUT2D eigenvalue weighted by molar-refractivity contribution is 6.02. The van der Waals surface area contributed by atoms with Gasteiger partial charge in [-0.1, -0.05) is 30.3 Å². The number of hydrogen-bond acceptors (Lipinski definition) is 3. The van der Waals surface area contributed by atoms with Crippen molar-refractivity contribution >= 4 is 17.5 Å². The molecule has 1 aromatic carbocycles. The van der Waals surface area contributed by atoms with Gasteiger partial charge in [-0.15, -0.1) is 0 Å². The second kappa shape index (κ2) is 7.14. The van der Waals surface area contributed by atoms with Gasteiger partial charge in [-0.2, -0.15) is 0 Å². The van der Waals surface area contributed by atoms with Crippen LogP contribution in [0.15, 0.2) is 30.3 Å². The number of benzene rings is 1. The van der Waals surface area contributed by atoms with Crippen LogP contribution in [0.2, 0.25) is 0 Å². The lowest BCUT2D eigenvalue weighted by Gasteiger charge is -2.40. The highest BCUT2D eigenvalue weighted by atomic mass is 16.2. The van der Waals surface area contributed by atoms with Crippen molar-refractivity contribution in [3.8, 4) is 0 Å². The number of carbonyl (C=O) groups excluding carboxylic acids is 3. The number of H-pyrrole nitrogens is 1. The topological polar surface area (TPSA) is 70.2 Å². The Morgan fingerprint density at radius 3 is 2.07 bits per heavy atom. The summed E-state index contributed by atoms with van der Waals surface area (Å²) in [5.74, 6) is 0.000558. The van der Waals surface area contributed by atoms with E-state index >= 15 is 0 Å². The zero-order valence-corrected chi connectivity index (χ0v) is 16.4. The molecule has 0 aliphatic carbocycles. The molecule has 1 saturated heterocycles. The van der Waals surface area contributed by atoms with E-state index < -0.39 is 5.41 Å². The maximum absolute atomic E-state index is 13.1. The van der Waals surface area contributed by atoms with Crippen LogP contribution in [0.5, 0.6) is 0 Å². The van der Waals surface area contributed by atoms with Crippen molar-refractivity contribution in [1.29, 1.82) is 0 Å². The highest BCUT2D eigenvalue weighted by Crippen LogP contribution is 2.37. The van der Waals surface area contributed by atoms with Crippen LogP contribution in [0.3, 0.4) is 0 Å². The first-order valence-electron chi connectivity index (χ1n) is 9.34. The number of aromatic nitrogens is 1. The van der Waals surface area contributed by atoms with Crippen LogP contribution >= 0.6 is 0 Å². The average Bonchev–Trinajstić information content (AvgIpc) is 2.96. The number of nitrogens with zero attached hydrogens (tertiary/aromatic N) is 1. The lowest BCUT2D eigenvalue weighted by Crippen LogP contribution is -2.48. The zero-order chi connectivity index (χ0) is 19.8. The number of ketones is 2. The SMILES string of the molecule is CC(=O)c1[nH]c(C)c(C(=O)N2CCC(C(C)=O)(c3ccccc3)CC2)c1C. The number of Topliss-reactive ketones (excluding diaryl/α,β-unsaturated/α-hetero) is 2. The molecule has 142 valence electrons. The molecule has 1 aromatic heterocycles. The molecule has 5 heteroatoms. The molecule has 1 amide bonds. The van der Waals surface area contributed by atoms with Gasteiger partial charge in [0.2, 0.25) is 0 Å². The molecule has 1 aliphatic rings. The Morgan fingerprint density at radius 2 is 1.59 bits per heavy atom. The molecule has 2 heterocycles. The first-order chi connectivity index (χ1) is 12.8. The van der Waals surface area contributed by atoms with E-state index in [1.165, 1.54) is 6.92 Å². The van der Waals surface area contributed by atoms with Gasteiger partial charge in [-0.25, -0.2) is 0 Å². The summed E-state index contributed by atoms with van der Waals surface area (Å²) in [4.78, 5) is 42.2. The molecule has 3 rings (SSSR count). The van der Waals surface area contributed by atoms with E-state index in [0.29, 0.717) is 48.4 Å². The minimum Gasteiger partial charge on any atom is -0.355 e. The number of likely N-dealkylation sites (tertiary alicyclic amines) is 1. The number of nitrogens with one attached hydrogen (secondary N) is 1. The fraction of sp³-hybridized carbons (Fsp3) is 0.409. The van der Waals surface area contributed by atoms with Crippen molar-refractivity contribution in [2.24, 2.45) is 0 Å². The van der Waals surface area contributed by atoms with Gasteiger partial charge in [-0.3, -0.25) is 14.4 Å². The van der Waals surface area contributed by atoms with Gasteiger partial charge < -0.3 is 9.88 Å². The normalized spacial score (nSPS) is 16.2. The van der Waals surface area contributed by atoms with Crippen LogP contribution in [-0.4, -0.2) is 40.4 Å². The van der Waals surface area contributed by atoms with Crippen LogP contribution in [0, 0.1) is 13.8 Å². The van der Waals surface area contributed by atoms with E-state index in [9.17, 15) is 14.4 Å². The van der Waals surface area contributed by atoms with Gasteiger partial charge in [0.25, 0.3) is 5.91 Å². The Bertz CT molecular complexity index is 888. The summed E-state index contributed by atoms with van der Waals surface area (Å²) >= 11 is 0. The second-order valence-electron chi connectivity index (χ2n) is 7.48. The molecule has 0 saturated carbocycles. The van der Waals surface area contributed by atoms with Crippen molar-refractivity contribution in [2.75, 3.05) is 13.1 Å². The molecule has 5 nitrogen and oxygen atoms in total. The van der Waals surface area contributed by atoms with Gasteiger partial charge in [0, 0.05) is 25.7 Å². The first kappa shape index (κ1) is 19.1. The molecule has 0 bridgehead atoms. The monoisotopic (exact) mass is 366 g/mol. The number of hydrogen-bond donors (Lipinski definition) is 1. The number of rotatable bonds is 4. The van der Waals surface area contributed by atoms with E-state index in [1.807, 2.05) is 37.3 Å². The lowest BCUT2D eigenvalue weighted by molar-refractivity contribution is -0.124. The summed E-state index contributed by atoms with van der Waals surface area (Å²) in [6, 6.07) is 9.84. The Kier molecular flexibility index (Phi) is 5.05. The average molecular weight is 366 g/mol. The van der Waals surface area contributed by atoms with E-state index in [1.54, 1.807) is 18.7 Å². The maximum atomic E-state index is 13.1. The lowest BCUT2D eigenvalue weighted by atomic mass is 9.70. The summed E-state index contributed by atoms with van der Waals surface area (Å²) in [5, 5.41) is 0. The van der Waals surface area contributed by atoms with E-state index in [4.69, 9.17) is 0 Å². The maximum Gasteiger partial charge on any atom is 0.255 e. The van der Waals surface area contributed by atoms with Crippen molar-refractivity contribution in [2.45, 2.75) is 46.0 Å². The summed E-state index contributed by atoms with van der Waals surface area (Å²) in [7, 11) is 0. The van der Waals surface area contributed by atoms with Crippen LogP contribution in [0.1, 0.15) is 64.4 Å². The van der Waals surface area contributed by atoms with Crippen molar-refractivity contribution in [3.63, 3.8) is 0 Å². The molecule has 1 N–H and O–H groups in total. The van der Waals surface area contributed by atoms with Gasteiger partial charge in [0.05, 0.1) is 16.7 Å². The van der Waals surface area contributed by atoms with Gasteiger partial charge in [0.1, 0.15) is 5.78 Å². The van der Waals surface area contributed by atoms with Crippen LogP contribution in [0.25, 0.3) is 0 Å². The molecule has 1 fully saturated rings. The van der Waals surface area contributed by atoms with Crippen molar-refractivity contribution in [1.82, 2.24) is 9.88 Å². The van der Waals surface area contributed by atoms with E-state index in [2.05, 4.69) is 4.98 Å². The fourth-order valence-corrected chi connectivity index (χ4v) is 4.27. The van der Waals surface area contributed by atoms with E-state index in [0.717, 1.165) is 5.56 Å². The molecule has 27 heavy (non-hydrogen) atoms. The third-order valence-corrected chi connectivity index (χ3v) is 5.91. The Balaban J connectivity index is 1.84. The van der Waals surface area contributed by atoms with Gasteiger partial charge >= 0.3 is 0 Å². The number of carbonyl (C=O) groups is 3. The number of amides is 1. The molecular formula is C22H26N2O3. The minimum absolute atomic E-state index is 0.0704. The Hall–Kier alpha value is -2.69. The molecule has 0 spiro atoms. The van der Waals surface area contributed by atoms with Crippen LogP contribution in [0.4, 0.5) is 0 Å². The fourth-order valence-electron chi connectivity index (χ4n) is 4.27. The Morgan fingerprint density at radius 1 is 1.00 bits per heavy atom. The quantitative estimate of drug-likeness (QED) is 0.841. The molecule has 1 aliphatic heterocycles. The summed E-state index contributed by atoms with van der Waals surface area (Å²) in [5.41, 5.74) is 3.00. The molecule has 0 atom stereocenters. The van der Waals surface area contributed by atoms with Gasteiger partial charge in [0.15, 0.2) is 5.78 Å². The van der Waals surface area contributed by atoms with Crippen molar-refractivity contribution in [3.05, 3.63) is 58.4 Å². The Labute approximate surface area is 159 Å². The second-order valence-corrected chi connectivity index (χ2v) is 7.48. The summed E-state index contributed by atoms with van der Waals surface area (Å²) in [6.45, 7) is 7.81. The third kappa shape index (κ3) is 3.22.